The number of carbonyl (C=O) groups excluding carboxylic acids is 2. The maximum Gasteiger partial charge on any atom is 0.310 e. The van der Waals surface area contributed by atoms with Crippen molar-refractivity contribution in [2.24, 2.45) is 0 Å². The summed E-state index contributed by atoms with van der Waals surface area (Å²) in [5.41, 5.74) is 0. The van der Waals surface area contributed by atoms with E-state index in [0.717, 1.165) is 6.42 Å². The van der Waals surface area contributed by atoms with Crippen LogP contribution >= 0.6 is 0 Å². The van der Waals surface area contributed by atoms with Crippen molar-refractivity contribution in [1.29, 1.82) is 0 Å². The van der Waals surface area contributed by atoms with Crippen molar-refractivity contribution < 1.29 is 23.9 Å². The average molecular weight is 309 g/mol. The molecule has 0 aliphatic rings. The lowest BCUT2D eigenvalue weighted by atomic mass is 10.2. The number of esters is 1. The molecule has 0 aromatic carbocycles. The maximum absolute atomic E-state index is 11.7. The summed E-state index contributed by atoms with van der Waals surface area (Å²) < 4.78 is 5.73. The summed E-state index contributed by atoms with van der Waals surface area (Å²) in [5, 5.41) is 10.7. The van der Waals surface area contributed by atoms with Crippen molar-refractivity contribution in [3.05, 3.63) is 36.5 Å². The van der Waals surface area contributed by atoms with E-state index in [1.165, 1.54) is 0 Å². The number of nitrogens with zero attached hydrogens (tertiary/aromatic N) is 1. The smallest absolute Gasteiger partial charge is 0.310 e. The van der Waals surface area contributed by atoms with E-state index in [1.807, 2.05) is 45.4 Å². The molecule has 0 bridgehead atoms. The zero-order chi connectivity index (χ0) is 17.0. The van der Waals surface area contributed by atoms with Gasteiger partial charge in [-0.3, -0.25) is 4.79 Å². The second kappa shape index (κ2) is 10.8. The molecule has 0 amide bonds. The number of carbonyl (C=O) groups is 2. The Hall–Kier alpha value is -1.88. The summed E-state index contributed by atoms with van der Waals surface area (Å²) in [7, 11) is 5.72. The molecule has 124 valence electrons. The van der Waals surface area contributed by atoms with Crippen molar-refractivity contribution >= 4 is 11.9 Å². The van der Waals surface area contributed by atoms with Gasteiger partial charge in [0.25, 0.3) is 0 Å². The number of ether oxygens (including phenoxy) is 1. The molecular formula is C17H27NO4. The van der Waals surface area contributed by atoms with Crippen LogP contribution in [0.25, 0.3) is 0 Å². The van der Waals surface area contributed by atoms with E-state index in [-0.39, 0.29) is 12.8 Å². The van der Waals surface area contributed by atoms with E-state index in [4.69, 9.17) is 4.74 Å². The summed E-state index contributed by atoms with van der Waals surface area (Å²) in [5.74, 6) is -1.65. The van der Waals surface area contributed by atoms with Gasteiger partial charge in [0.1, 0.15) is 6.54 Å². The molecule has 0 aliphatic heterocycles. The monoisotopic (exact) mass is 309 g/mol. The molecule has 0 N–H and O–H groups in total. The Morgan fingerprint density at radius 1 is 1.09 bits per heavy atom. The van der Waals surface area contributed by atoms with E-state index < -0.39 is 18.0 Å². The van der Waals surface area contributed by atoms with Gasteiger partial charge in [0.15, 0.2) is 6.10 Å². The Balaban J connectivity index is 4.33. The normalized spacial score (nSPS) is 14.0. The van der Waals surface area contributed by atoms with Crippen LogP contribution in [0.4, 0.5) is 0 Å². The van der Waals surface area contributed by atoms with Crippen LogP contribution in [-0.4, -0.2) is 50.2 Å². The Labute approximate surface area is 133 Å². The van der Waals surface area contributed by atoms with Gasteiger partial charge in [-0.1, -0.05) is 43.4 Å². The van der Waals surface area contributed by atoms with Gasteiger partial charge in [-0.15, -0.1) is 0 Å². The van der Waals surface area contributed by atoms with E-state index in [1.54, 1.807) is 12.2 Å². The van der Waals surface area contributed by atoms with Gasteiger partial charge in [0, 0.05) is 12.4 Å². The Morgan fingerprint density at radius 3 is 2.18 bits per heavy atom. The largest absolute Gasteiger partial charge is 0.550 e. The van der Waals surface area contributed by atoms with Gasteiger partial charge >= 0.3 is 5.97 Å². The predicted octanol–water partition coefficient (Wildman–Crippen LogP) is 1.21. The number of carboxylic acids is 1. The fraction of sp³-hybridized carbons (Fsp3) is 0.529. The molecule has 0 saturated carbocycles. The number of rotatable bonds is 10. The fourth-order valence-electron chi connectivity index (χ4n) is 1.76. The molecule has 0 rings (SSSR count). The summed E-state index contributed by atoms with van der Waals surface area (Å²) in [6.07, 6.45) is 11.2. The van der Waals surface area contributed by atoms with Crippen LogP contribution in [0.15, 0.2) is 36.5 Å². The lowest BCUT2D eigenvalue weighted by molar-refractivity contribution is -0.873. The SMILES string of the molecule is CC/C=C/C=C/C=C/CC(=O)OC(CC(=O)[O-])C[N+](C)(C)C. The summed E-state index contributed by atoms with van der Waals surface area (Å²) in [6.45, 7) is 2.47. The first-order valence-electron chi connectivity index (χ1n) is 7.42. The molecule has 1 unspecified atom stereocenters. The standard InChI is InChI=1S/C17H27NO4/c1-5-6-7-8-9-10-11-12-17(21)22-15(13-16(19)20)14-18(2,3)4/h6-11,15H,5,12-14H2,1-4H3/b7-6+,9-8+,11-10+. The quantitative estimate of drug-likeness (QED) is 0.346. The van der Waals surface area contributed by atoms with Crippen LogP contribution in [0, 0.1) is 0 Å². The molecule has 1 atom stereocenters. The number of likely N-dealkylation sites (N-methyl/N-ethyl adjacent to an activating group) is 1. The van der Waals surface area contributed by atoms with Crippen molar-refractivity contribution in [3.63, 3.8) is 0 Å². The number of hydrogen-bond donors (Lipinski definition) is 0. The summed E-state index contributed by atoms with van der Waals surface area (Å²) in [6, 6.07) is 0. The number of allylic oxidation sites excluding steroid dienone is 5. The van der Waals surface area contributed by atoms with E-state index in [0.29, 0.717) is 11.0 Å². The highest BCUT2D eigenvalue weighted by Crippen LogP contribution is 2.06. The first-order valence-corrected chi connectivity index (χ1v) is 7.42. The number of carboxylic acid groups (broad SMARTS) is 1. The first kappa shape index (κ1) is 20.1. The Morgan fingerprint density at radius 2 is 1.68 bits per heavy atom. The number of quaternary nitrogens is 1. The third kappa shape index (κ3) is 13.1. The second-order valence-electron chi connectivity index (χ2n) is 6.01. The van der Waals surface area contributed by atoms with Crippen LogP contribution in [0.2, 0.25) is 0 Å². The van der Waals surface area contributed by atoms with E-state index >= 15 is 0 Å². The van der Waals surface area contributed by atoms with Gasteiger partial charge in [0.05, 0.1) is 27.6 Å². The molecule has 0 heterocycles. The molecule has 22 heavy (non-hydrogen) atoms. The van der Waals surface area contributed by atoms with Crippen LogP contribution in [0.1, 0.15) is 26.2 Å². The van der Waals surface area contributed by atoms with Gasteiger partial charge in [0.2, 0.25) is 0 Å². The molecule has 0 aliphatic carbocycles. The molecule has 0 aromatic rings. The van der Waals surface area contributed by atoms with Crippen LogP contribution < -0.4 is 5.11 Å². The second-order valence-corrected chi connectivity index (χ2v) is 6.01. The van der Waals surface area contributed by atoms with Gasteiger partial charge in [-0.05, 0) is 6.42 Å². The zero-order valence-corrected chi connectivity index (χ0v) is 14.0. The molecule has 0 radical (unpaired) electrons. The van der Waals surface area contributed by atoms with Crippen molar-refractivity contribution in [1.82, 2.24) is 0 Å². The highest BCUT2D eigenvalue weighted by atomic mass is 16.5. The number of aliphatic carboxylic acids is 1. The van der Waals surface area contributed by atoms with Crippen LogP contribution in [0.5, 0.6) is 0 Å². The maximum atomic E-state index is 11.7. The molecule has 5 nitrogen and oxygen atoms in total. The highest BCUT2D eigenvalue weighted by molar-refractivity contribution is 5.72. The van der Waals surface area contributed by atoms with Crippen molar-refractivity contribution in [2.45, 2.75) is 32.3 Å². The fourth-order valence-corrected chi connectivity index (χ4v) is 1.76. The Bertz CT molecular complexity index is 430. The van der Waals surface area contributed by atoms with E-state index in [2.05, 4.69) is 6.92 Å². The topological polar surface area (TPSA) is 66.4 Å². The molecular weight excluding hydrogens is 282 g/mol. The third-order valence-electron chi connectivity index (χ3n) is 2.57. The minimum atomic E-state index is -1.22. The molecule has 0 spiro atoms. The van der Waals surface area contributed by atoms with E-state index in [9.17, 15) is 14.7 Å². The summed E-state index contributed by atoms with van der Waals surface area (Å²) >= 11 is 0. The molecule has 0 saturated heterocycles. The first-order chi connectivity index (χ1) is 10.2. The van der Waals surface area contributed by atoms with Gasteiger partial charge in [-0.2, -0.15) is 0 Å². The predicted molar refractivity (Wildman–Crippen MR) is 84.7 cm³/mol. The lowest BCUT2D eigenvalue weighted by Gasteiger charge is -2.29. The average Bonchev–Trinajstić information content (AvgIpc) is 2.34. The lowest BCUT2D eigenvalue weighted by Crippen LogP contribution is -2.45. The molecule has 5 heteroatoms. The van der Waals surface area contributed by atoms with Gasteiger partial charge in [-0.25, -0.2) is 0 Å². The third-order valence-corrected chi connectivity index (χ3v) is 2.57. The number of hydrogen-bond acceptors (Lipinski definition) is 4. The molecule has 0 fully saturated rings. The zero-order valence-electron chi connectivity index (χ0n) is 14.0. The van der Waals surface area contributed by atoms with Crippen LogP contribution in [-0.2, 0) is 14.3 Å². The summed E-state index contributed by atoms with van der Waals surface area (Å²) in [4.78, 5) is 22.4. The van der Waals surface area contributed by atoms with Crippen molar-refractivity contribution in [3.8, 4) is 0 Å². The molecule has 0 aromatic heterocycles. The highest BCUT2D eigenvalue weighted by Gasteiger charge is 2.21. The van der Waals surface area contributed by atoms with Crippen molar-refractivity contribution in [2.75, 3.05) is 27.7 Å². The van der Waals surface area contributed by atoms with Gasteiger partial charge < -0.3 is 19.1 Å². The Kier molecular flexibility index (Phi) is 9.87. The minimum absolute atomic E-state index is 0.114. The van der Waals surface area contributed by atoms with Crippen LogP contribution in [0.3, 0.4) is 0 Å². The minimum Gasteiger partial charge on any atom is -0.550 e.